The minimum Gasteiger partial charge on any atom is -0.481 e. The molecule has 0 saturated carbocycles. The first-order valence-electron chi connectivity index (χ1n) is 14.9. The van der Waals surface area contributed by atoms with Crippen LogP contribution >= 0.6 is 0 Å². The highest BCUT2D eigenvalue weighted by Crippen LogP contribution is 2.07. The van der Waals surface area contributed by atoms with Crippen molar-refractivity contribution in [2.45, 2.75) is 62.7 Å². The van der Waals surface area contributed by atoms with Crippen LogP contribution in [0.1, 0.15) is 36.8 Å². The number of benzene rings is 2. The van der Waals surface area contributed by atoms with E-state index in [-0.39, 0.29) is 51.0 Å². The molecule has 0 radical (unpaired) electrons. The molecule has 0 aliphatic carbocycles. The van der Waals surface area contributed by atoms with Crippen molar-refractivity contribution in [1.29, 1.82) is 0 Å². The topological polar surface area (TPSA) is 281 Å². The van der Waals surface area contributed by atoms with E-state index < -0.39 is 66.3 Å². The molecule has 47 heavy (non-hydrogen) atoms. The SMILES string of the molecule is NC(N)=NCCC[C@H](NC(=O)[C@@H](N)CCC(=O)O)C(=O)NCC(=O)N[C@@H](Cc1ccccc1)C(=O)N[C@@H](Cc1ccccc1)C(=O)O. The van der Waals surface area contributed by atoms with Gasteiger partial charge in [0.15, 0.2) is 5.96 Å². The maximum absolute atomic E-state index is 13.3. The zero-order chi connectivity index (χ0) is 34.8. The number of carboxylic acids is 2. The van der Waals surface area contributed by atoms with E-state index >= 15 is 0 Å². The fraction of sp³-hybridized carbons (Fsp3) is 0.387. The number of hydrogen-bond acceptors (Lipinski definition) is 8. The molecular weight excluding hydrogens is 612 g/mol. The Morgan fingerprint density at radius 3 is 1.79 bits per heavy atom. The van der Waals surface area contributed by atoms with Gasteiger partial charge in [0.25, 0.3) is 0 Å². The molecule has 2 aromatic rings. The Balaban J connectivity index is 2.10. The molecule has 0 saturated heterocycles. The summed E-state index contributed by atoms with van der Waals surface area (Å²) >= 11 is 0. The van der Waals surface area contributed by atoms with E-state index in [9.17, 15) is 33.9 Å². The largest absolute Gasteiger partial charge is 0.481 e. The number of amides is 4. The summed E-state index contributed by atoms with van der Waals surface area (Å²) in [4.78, 5) is 78.5. The fourth-order valence-electron chi connectivity index (χ4n) is 4.38. The minimum atomic E-state index is -1.27. The third-order valence-electron chi connectivity index (χ3n) is 6.84. The van der Waals surface area contributed by atoms with E-state index in [1.165, 1.54) is 0 Å². The van der Waals surface area contributed by atoms with Crippen LogP contribution in [0.15, 0.2) is 65.7 Å². The Bertz CT molecular complexity index is 1390. The number of aliphatic imine (C=N–C) groups is 1. The number of carboxylic acid groups (broad SMARTS) is 2. The van der Waals surface area contributed by atoms with Crippen molar-refractivity contribution >= 4 is 41.5 Å². The van der Waals surface area contributed by atoms with Gasteiger partial charge in [-0.15, -0.1) is 0 Å². The normalized spacial score (nSPS) is 13.1. The van der Waals surface area contributed by atoms with Gasteiger partial charge < -0.3 is 48.7 Å². The molecule has 16 nitrogen and oxygen atoms in total. The Hall–Kier alpha value is -5.51. The second kappa shape index (κ2) is 19.8. The van der Waals surface area contributed by atoms with Gasteiger partial charge in [-0.25, -0.2) is 4.79 Å². The first kappa shape index (κ1) is 37.7. The van der Waals surface area contributed by atoms with Crippen molar-refractivity contribution < 1.29 is 39.0 Å². The lowest BCUT2D eigenvalue weighted by Gasteiger charge is -2.23. The number of nitrogens with zero attached hydrogens (tertiary/aromatic N) is 1. The van der Waals surface area contributed by atoms with Gasteiger partial charge >= 0.3 is 11.9 Å². The molecular formula is C31H42N8O8. The molecule has 12 N–H and O–H groups in total. The molecule has 0 fully saturated rings. The van der Waals surface area contributed by atoms with Crippen LogP contribution in [0.5, 0.6) is 0 Å². The highest BCUT2D eigenvalue weighted by molar-refractivity contribution is 5.94. The first-order chi connectivity index (χ1) is 22.3. The van der Waals surface area contributed by atoms with E-state index in [2.05, 4.69) is 26.3 Å². The number of carbonyl (C=O) groups is 6. The van der Waals surface area contributed by atoms with Crippen molar-refractivity contribution in [3.63, 3.8) is 0 Å². The summed E-state index contributed by atoms with van der Waals surface area (Å²) in [5, 5.41) is 28.5. The van der Waals surface area contributed by atoms with Gasteiger partial charge in [0.05, 0.1) is 12.6 Å². The molecule has 2 rings (SSSR count). The van der Waals surface area contributed by atoms with E-state index in [0.29, 0.717) is 11.1 Å². The average Bonchev–Trinajstić information content (AvgIpc) is 3.03. The quantitative estimate of drug-likeness (QED) is 0.0444. The summed E-state index contributed by atoms with van der Waals surface area (Å²) in [5.74, 6) is -5.56. The average molecular weight is 655 g/mol. The predicted octanol–water partition coefficient (Wildman–Crippen LogP) is -1.63. The van der Waals surface area contributed by atoms with Crippen molar-refractivity contribution in [3.05, 3.63) is 71.8 Å². The highest BCUT2D eigenvalue weighted by atomic mass is 16.4. The molecule has 0 aliphatic heterocycles. The molecule has 0 heterocycles. The van der Waals surface area contributed by atoms with Crippen molar-refractivity contribution in [2.24, 2.45) is 22.2 Å². The van der Waals surface area contributed by atoms with Gasteiger partial charge in [-0.05, 0) is 30.4 Å². The second-order valence-electron chi connectivity index (χ2n) is 10.7. The number of nitrogens with two attached hydrogens (primary N) is 3. The van der Waals surface area contributed by atoms with Crippen LogP contribution in [0.3, 0.4) is 0 Å². The molecule has 2 aromatic carbocycles. The number of rotatable bonds is 20. The summed E-state index contributed by atoms with van der Waals surface area (Å²) in [5.41, 5.74) is 17.8. The molecule has 0 spiro atoms. The standard InChI is InChI=1S/C31H42N8O8/c32-21(13-14-26(41)42)27(43)38-22(12-7-15-35-31(33)34)28(44)36-18-25(40)37-23(16-19-8-3-1-4-9-19)29(45)39-24(30(46)47)17-20-10-5-2-6-11-20/h1-6,8-11,21-24H,7,12-18,32H2,(H,36,44)(H,37,40)(H,38,43)(H,39,45)(H,41,42)(H,46,47)(H4,33,34,35)/t21-,22-,23-,24-/m0/s1. The van der Waals surface area contributed by atoms with Crippen LogP contribution in [0.2, 0.25) is 0 Å². The second-order valence-corrected chi connectivity index (χ2v) is 10.7. The molecule has 16 heteroatoms. The summed E-state index contributed by atoms with van der Waals surface area (Å²) in [7, 11) is 0. The van der Waals surface area contributed by atoms with E-state index in [4.69, 9.17) is 22.3 Å². The van der Waals surface area contributed by atoms with Gasteiger partial charge in [0.2, 0.25) is 23.6 Å². The van der Waals surface area contributed by atoms with Crippen LogP contribution < -0.4 is 38.5 Å². The summed E-state index contributed by atoms with van der Waals surface area (Å²) < 4.78 is 0. The van der Waals surface area contributed by atoms with E-state index in [1.54, 1.807) is 60.7 Å². The third kappa shape index (κ3) is 14.9. The summed E-state index contributed by atoms with van der Waals surface area (Å²) in [6.45, 7) is -0.444. The number of guanidine groups is 1. The first-order valence-corrected chi connectivity index (χ1v) is 14.9. The van der Waals surface area contributed by atoms with Crippen LogP contribution in [-0.2, 0) is 41.6 Å². The van der Waals surface area contributed by atoms with Gasteiger partial charge in [-0.3, -0.25) is 29.0 Å². The summed E-state index contributed by atoms with van der Waals surface area (Å²) in [6.07, 6.45) is -0.154. The molecule has 0 bridgehead atoms. The van der Waals surface area contributed by atoms with Crippen LogP contribution in [-0.4, -0.2) is 89.0 Å². The van der Waals surface area contributed by atoms with Gasteiger partial charge in [-0.2, -0.15) is 0 Å². The molecule has 4 atom stereocenters. The monoisotopic (exact) mass is 654 g/mol. The van der Waals surface area contributed by atoms with E-state index in [1.807, 2.05) is 0 Å². The smallest absolute Gasteiger partial charge is 0.326 e. The Kier molecular flexibility index (Phi) is 15.9. The zero-order valence-electron chi connectivity index (χ0n) is 25.8. The number of nitrogens with one attached hydrogen (secondary N) is 4. The van der Waals surface area contributed by atoms with Crippen LogP contribution in [0, 0.1) is 0 Å². The lowest BCUT2D eigenvalue weighted by molar-refractivity contribution is -0.142. The lowest BCUT2D eigenvalue weighted by atomic mass is 10.0. The molecule has 4 amide bonds. The number of carbonyl (C=O) groups excluding carboxylic acids is 4. The molecule has 254 valence electrons. The number of hydrogen-bond donors (Lipinski definition) is 9. The summed E-state index contributed by atoms with van der Waals surface area (Å²) in [6, 6.07) is 12.7. The Morgan fingerprint density at radius 1 is 0.702 bits per heavy atom. The molecule has 0 aliphatic rings. The van der Waals surface area contributed by atoms with Gasteiger partial charge in [-0.1, -0.05) is 60.7 Å². The minimum absolute atomic E-state index is 0.0141. The Labute approximate surface area is 271 Å². The zero-order valence-corrected chi connectivity index (χ0v) is 25.8. The van der Waals surface area contributed by atoms with Gasteiger partial charge in [0, 0.05) is 25.8 Å². The van der Waals surface area contributed by atoms with E-state index in [0.717, 1.165) is 0 Å². The highest BCUT2D eigenvalue weighted by Gasteiger charge is 2.28. The lowest BCUT2D eigenvalue weighted by Crippen LogP contribution is -2.55. The third-order valence-corrected chi connectivity index (χ3v) is 6.84. The van der Waals surface area contributed by atoms with Crippen molar-refractivity contribution in [2.75, 3.05) is 13.1 Å². The number of aliphatic carboxylic acids is 2. The Morgan fingerprint density at radius 2 is 1.26 bits per heavy atom. The molecule has 0 unspecified atom stereocenters. The van der Waals surface area contributed by atoms with Crippen molar-refractivity contribution in [3.8, 4) is 0 Å². The predicted molar refractivity (Wildman–Crippen MR) is 171 cm³/mol. The fourth-order valence-corrected chi connectivity index (χ4v) is 4.38. The molecule has 0 aromatic heterocycles. The van der Waals surface area contributed by atoms with Gasteiger partial charge in [0.1, 0.15) is 18.1 Å². The van der Waals surface area contributed by atoms with Crippen LogP contribution in [0.25, 0.3) is 0 Å². The van der Waals surface area contributed by atoms with Crippen molar-refractivity contribution in [1.82, 2.24) is 21.3 Å². The maximum Gasteiger partial charge on any atom is 0.326 e. The van der Waals surface area contributed by atoms with Crippen LogP contribution in [0.4, 0.5) is 0 Å². The maximum atomic E-state index is 13.3.